The van der Waals surface area contributed by atoms with E-state index in [0.717, 1.165) is 17.7 Å². The largest absolute Gasteiger partial charge is 0.497 e. The molecule has 10 heteroatoms. The minimum Gasteiger partial charge on any atom is -0.497 e. The van der Waals surface area contributed by atoms with Gasteiger partial charge in [-0.15, -0.1) is 0 Å². The van der Waals surface area contributed by atoms with Crippen molar-refractivity contribution in [3.63, 3.8) is 0 Å². The van der Waals surface area contributed by atoms with Crippen LogP contribution in [-0.4, -0.2) is 31.9 Å². The van der Waals surface area contributed by atoms with Gasteiger partial charge < -0.3 is 4.74 Å². The zero-order valence-corrected chi connectivity index (χ0v) is 19.6. The Balaban J connectivity index is 1.78. The van der Waals surface area contributed by atoms with E-state index in [2.05, 4.69) is 20.9 Å². The van der Waals surface area contributed by atoms with Crippen LogP contribution < -0.4 is 4.74 Å². The Kier molecular flexibility index (Phi) is 7.26. The van der Waals surface area contributed by atoms with E-state index in [-0.39, 0.29) is 17.9 Å². The van der Waals surface area contributed by atoms with Gasteiger partial charge in [-0.05, 0) is 51.3 Å². The van der Waals surface area contributed by atoms with Crippen molar-refractivity contribution in [1.82, 2.24) is 9.29 Å². The highest BCUT2D eigenvalue weighted by Gasteiger charge is 2.30. The fourth-order valence-corrected chi connectivity index (χ4v) is 4.80. The average molecular weight is 529 g/mol. The average Bonchev–Trinajstić information content (AvgIpc) is 2.75. The van der Waals surface area contributed by atoms with Gasteiger partial charge in [0.05, 0.1) is 18.4 Å². The number of methoxy groups -OCH3 is 1. The molecule has 0 radical (unpaired) electrons. The molecule has 0 aliphatic heterocycles. The van der Waals surface area contributed by atoms with Crippen molar-refractivity contribution in [1.29, 1.82) is 0 Å². The van der Waals surface area contributed by atoms with Gasteiger partial charge >= 0.3 is 6.18 Å². The fourth-order valence-electron chi connectivity index (χ4n) is 3.02. The second-order valence-electron chi connectivity index (χ2n) is 7.08. The smallest absolute Gasteiger partial charge is 0.416 e. The van der Waals surface area contributed by atoms with Gasteiger partial charge in [0.15, 0.2) is 0 Å². The molecule has 0 aliphatic rings. The molecule has 170 valence electrons. The summed E-state index contributed by atoms with van der Waals surface area (Å²) in [5.41, 5.74) is 0.886. The number of benzene rings is 2. The van der Waals surface area contributed by atoms with E-state index >= 15 is 0 Å². The zero-order chi connectivity index (χ0) is 23.5. The number of sulfonamides is 1. The van der Waals surface area contributed by atoms with Crippen LogP contribution in [0.15, 0.2) is 70.2 Å². The van der Waals surface area contributed by atoms with Crippen molar-refractivity contribution in [2.75, 3.05) is 14.2 Å². The van der Waals surface area contributed by atoms with Crippen molar-refractivity contribution in [3.05, 3.63) is 87.7 Å². The molecule has 2 aromatic carbocycles. The summed E-state index contributed by atoms with van der Waals surface area (Å²) in [6, 6.07) is 13.4. The van der Waals surface area contributed by atoms with E-state index < -0.39 is 21.8 Å². The number of alkyl halides is 3. The lowest BCUT2D eigenvalue weighted by Crippen LogP contribution is -2.26. The Hall–Kier alpha value is -2.43. The molecule has 3 aromatic rings. The van der Waals surface area contributed by atoms with Gasteiger partial charge in [0.25, 0.3) is 0 Å². The molecule has 0 amide bonds. The SMILES string of the molecule is COc1ccc(CN(C)S(=O)(=O)c2cnc(Cc3cccc(C(F)(F)F)c3)c(Br)c2)cc1. The monoisotopic (exact) mass is 528 g/mol. The summed E-state index contributed by atoms with van der Waals surface area (Å²) in [6.07, 6.45) is -3.10. The zero-order valence-electron chi connectivity index (χ0n) is 17.2. The Labute approximate surface area is 193 Å². The lowest BCUT2D eigenvalue weighted by atomic mass is 10.1. The van der Waals surface area contributed by atoms with E-state index in [0.29, 0.717) is 21.5 Å². The van der Waals surface area contributed by atoms with Crippen LogP contribution in [0.5, 0.6) is 5.75 Å². The number of aromatic nitrogens is 1. The van der Waals surface area contributed by atoms with E-state index in [1.165, 1.54) is 29.7 Å². The molecule has 0 unspecified atom stereocenters. The molecule has 3 rings (SSSR count). The molecule has 32 heavy (non-hydrogen) atoms. The van der Waals surface area contributed by atoms with E-state index in [1.54, 1.807) is 37.4 Å². The molecule has 1 aromatic heterocycles. The lowest BCUT2D eigenvalue weighted by molar-refractivity contribution is -0.137. The van der Waals surface area contributed by atoms with Crippen LogP contribution in [-0.2, 0) is 29.2 Å². The van der Waals surface area contributed by atoms with Crippen LogP contribution in [0.4, 0.5) is 13.2 Å². The maximum atomic E-state index is 13.0. The molecule has 0 saturated carbocycles. The van der Waals surface area contributed by atoms with Crippen molar-refractivity contribution in [2.45, 2.75) is 24.0 Å². The molecule has 0 atom stereocenters. The molecule has 1 heterocycles. The highest BCUT2D eigenvalue weighted by Crippen LogP contribution is 2.31. The van der Waals surface area contributed by atoms with Crippen LogP contribution in [0.3, 0.4) is 0 Å². The maximum Gasteiger partial charge on any atom is 0.416 e. The molecule has 0 saturated heterocycles. The lowest BCUT2D eigenvalue weighted by Gasteiger charge is -2.18. The van der Waals surface area contributed by atoms with Crippen molar-refractivity contribution >= 4 is 26.0 Å². The van der Waals surface area contributed by atoms with Crippen LogP contribution in [0.2, 0.25) is 0 Å². The topological polar surface area (TPSA) is 59.5 Å². The number of ether oxygens (including phenoxy) is 1. The van der Waals surface area contributed by atoms with Gasteiger partial charge in [-0.3, -0.25) is 4.98 Å². The third-order valence-electron chi connectivity index (χ3n) is 4.79. The summed E-state index contributed by atoms with van der Waals surface area (Å²) in [4.78, 5) is 4.17. The van der Waals surface area contributed by atoms with Crippen LogP contribution in [0, 0.1) is 0 Å². The molecule has 0 N–H and O–H groups in total. The number of rotatable bonds is 7. The first-order valence-electron chi connectivity index (χ1n) is 9.40. The van der Waals surface area contributed by atoms with Crippen molar-refractivity contribution < 1.29 is 26.3 Å². The van der Waals surface area contributed by atoms with Gasteiger partial charge in [-0.2, -0.15) is 17.5 Å². The van der Waals surface area contributed by atoms with Gasteiger partial charge in [0.2, 0.25) is 10.0 Å². The third-order valence-corrected chi connectivity index (χ3v) is 7.25. The molecule has 0 aliphatic carbocycles. The van der Waals surface area contributed by atoms with Crippen LogP contribution in [0.25, 0.3) is 0 Å². The quantitative estimate of drug-likeness (QED) is 0.418. The first-order chi connectivity index (χ1) is 15.0. The first-order valence-corrected chi connectivity index (χ1v) is 11.6. The second kappa shape index (κ2) is 9.60. The second-order valence-corrected chi connectivity index (χ2v) is 9.98. The molecule has 0 bridgehead atoms. The summed E-state index contributed by atoms with van der Waals surface area (Å²) in [5.74, 6) is 0.670. The van der Waals surface area contributed by atoms with Gasteiger partial charge in [-0.25, -0.2) is 8.42 Å². The summed E-state index contributed by atoms with van der Waals surface area (Å²) in [6.45, 7) is 0.149. The Bertz CT molecular complexity index is 1200. The number of hydrogen-bond donors (Lipinski definition) is 0. The molecular formula is C22H20BrF3N2O3S. The third kappa shape index (κ3) is 5.67. The van der Waals surface area contributed by atoms with E-state index in [1.807, 2.05) is 0 Å². The predicted octanol–water partition coefficient (Wildman–Crippen LogP) is 5.28. The predicted molar refractivity (Wildman–Crippen MR) is 118 cm³/mol. The van der Waals surface area contributed by atoms with Gasteiger partial charge in [0.1, 0.15) is 10.6 Å². The van der Waals surface area contributed by atoms with Crippen LogP contribution in [0.1, 0.15) is 22.4 Å². The van der Waals surface area contributed by atoms with E-state index in [4.69, 9.17) is 4.74 Å². The Morgan fingerprint density at radius 1 is 1.06 bits per heavy atom. The molecular weight excluding hydrogens is 509 g/mol. The van der Waals surface area contributed by atoms with Gasteiger partial charge in [0, 0.05) is 30.7 Å². The standard InChI is InChI=1S/C22H20BrF3N2O3S/c1-28(14-15-6-8-18(31-2)9-7-15)32(29,30)19-12-20(23)21(27-13-19)11-16-4-3-5-17(10-16)22(24,25)26/h3-10,12-13H,11,14H2,1-2H3. The first kappa shape index (κ1) is 24.2. The Morgan fingerprint density at radius 2 is 1.75 bits per heavy atom. The molecule has 0 spiro atoms. The molecule has 5 nitrogen and oxygen atoms in total. The van der Waals surface area contributed by atoms with E-state index in [9.17, 15) is 21.6 Å². The van der Waals surface area contributed by atoms with Crippen molar-refractivity contribution in [3.8, 4) is 5.75 Å². The van der Waals surface area contributed by atoms with Crippen LogP contribution >= 0.6 is 15.9 Å². The Morgan fingerprint density at radius 3 is 2.34 bits per heavy atom. The summed E-state index contributed by atoms with van der Waals surface area (Å²) in [5, 5.41) is 0. The number of nitrogens with zero attached hydrogens (tertiary/aromatic N) is 2. The maximum absolute atomic E-state index is 13.0. The number of hydrogen-bond acceptors (Lipinski definition) is 4. The minimum atomic E-state index is -4.44. The van der Waals surface area contributed by atoms with Crippen molar-refractivity contribution in [2.24, 2.45) is 0 Å². The normalized spacial score (nSPS) is 12.2. The summed E-state index contributed by atoms with van der Waals surface area (Å²) < 4.78 is 71.4. The minimum absolute atomic E-state index is 0.0202. The highest BCUT2D eigenvalue weighted by molar-refractivity contribution is 9.10. The number of halogens is 4. The van der Waals surface area contributed by atoms with Gasteiger partial charge in [-0.1, -0.05) is 30.3 Å². The highest BCUT2D eigenvalue weighted by atomic mass is 79.9. The fraction of sp³-hybridized carbons (Fsp3) is 0.227. The summed E-state index contributed by atoms with van der Waals surface area (Å²) in [7, 11) is -0.819. The number of pyridine rings is 1. The summed E-state index contributed by atoms with van der Waals surface area (Å²) >= 11 is 3.31. The molecule has 0 fully saturated rings.